The lowest BCUT2D eigenvalue weighted by atomic mass is 9.93. The molecule has 1 aromatic rings. The highest BCUT2D eigenvalue weighted by molar-refractivity contribution is 6.31. The van der Waals surface area contributed by atoms with Crippen LogP contribution < -0.4 is 10.5 Å². The standard InChI is InChI=1S/C16H25ClN2O3.ClH/c1-16(2,10-18)11-19(3)15(20)13-9-12(17)5-6-14(13)22-8-7-21-4;/h5-6,9H,7-8,10-11,18H2,1-4H3;1H. The van der Waals surface area contributed by atoms with Gasteiger partial charge in [0, 0.05) is 25.7 Å². The first kappa shape index (κ1) is 22.0. The van der Waals surface area contributed by atoms with Crippen LogP contribution in [-0.2, 0) is 4.74 Å². The second-order valence-electron chi connectivity index (χ2n) is 6.01. The van der Waals surface area contributed by atoms with Gasteiger partial charge in [0.1, 0.15) is 12.4 Å². The summed E-state index contributed by atoms with van der Waals surface area (Å²) in [5, 5.41) is 0.494. The lowest BCUT2D eigenvalue weighted by Crippen LogP contribution is -2.39. The number of amides is 1. The molecular weight excluding hydrogens is 339 g/mol. The highest BCUT2D eigenvalue weighted by Gasteiger charge is 2.24. The second-order valence-corrected chi connectivity index (χ2v) is 6.45. The number of hydrogen-bond donors (Lipinski definition) is 1. The normalized spacial score (nSPS) is 10.9. The predicted molar refractivity (Wildman–Crippen MR) is 95.9 cm³/mol. The van der Waals surface area contributed by atoms with E-state index in [1.165, 1.54) is 0 Å². The topological polar surface area (TPSA) is 64.8 Å². The molecule has 1 amide bonds. The summed E-state index contributed by atoms with van der Waals surface area (Å²) in [5.41, 5.74) is 6.02. The molecule has 2 N–H and O–H groups in total. The average molecular weight is 365 g/mol. The Labute approximate surface area is 149 Å². The van der Waals surface area contributed by atoms with Crippen molar-refractivity contribution in [2.24, 2.45) is 11.1 Å². The third-order valence-electron chi connectivity index (χ3n) is 3.28. The Morgan fingerprint density at radius 2 is 2.00 bits per heavy atom. The Morgan fingerprint density at radius 3 is 2.57 bits per heavy atom. The quantitative estimate of drug-likeness (QED) is 0.720. The molecule has 0 unspecified atom stereocenters. The number of nitrogens with two attached hydrogens (primary N) is 1. The lowest BCUT2D eigenvalue weighted by Gasteiger charge is -2.29. The fourth-order valence-corrected chi connectivity index (χ4v) is 2.19. The molecule has 1 rings (SSSR count). The smallest absolute Gasteiger partial charge is 0.257 e. The number of benzene rings is 1. The van der Waals surface area contributed by atoms with Gasteiger partial charge in [0.15, 0.2) is 0 Å². The molecule has 0 radical (unpaired) electrons. The Hall–Kier alpha value is -1.01. The predicted octanol–water partition coefficient (Wildman–Crippen LogP) is 2.84. The van der Waals surface area contributed by atoms with Crippen molar-refractivity contribution in [1.29, 1.82) is 0 Å². The van der Waals surface area contributed by atoms with E-state index in [4.69, 9.17) is 26.8 Å². The summed E-state index contributed by atoms with van der Waals surface area (Å²) in [7, 11) is 3.35. The maximum atomic E-state index is 12.7. The highest BCUT2D eigenvalue weighted by atomic mass is 35.5. The van der Waals surface area contributed by atoms with Gasteiger partial charge >= 0.3 is 0 Å². The van der Waals surface area contributed by atoms with Gasteiger partial charge in [-0.05, 0) is 30.2 Å². The van der Waals surface area contributed by atoms with Gasteiger partial charge in [-0.15, -0.1) is 12.4 Å². The summed E-state index contributed by atoms with van der Waals surface area (Å²) in [5.74, 6) is 0.361. The molecule has 0 fully saturated rings. The van der Waals surface area contributed by atoms with Gasteiger partial charge in [-0.2, -0.15) is 0 Å². The van der Waals surface area contributed by atoms with Crippen molar-refractivity contribution in [3.8, 4) is 5.75 Å². The number of rotatable bonds is 8. The Bertz CT molecular complexity index is 510. The van der Waals surface area contributed by atoms with Gasteiger partial charge in [-0.3, -0.25) is 4.79 Å². The van der Waals surface area contributed by atoms with Crippen molar-refractivity contribution < 1.29 is 14.3 Å². The zero-order valence-electron chi connectivity index (χ0n) is 14.1. The summed E-state index contributed by atoms with van der Waals surface area (Å²) < 4.78 is 10.6. The molecule has 0 saturated carbocycles. The number of carbonyl (C=O) groups is 1. The third kappa shape index (κ3) is 6.96. The molecule has 5 nitrogen and oxygen atoms in total. The summed E-state index contributed by atoms with van der Waals surface area (Å²) in [6.07, 6.45) is 0. The molecule has 0 saturated heterocycles. The van der Waals surface area contributed by atoms with E-state index in [1.54, 1.807) is 37.3 Å². The lowest BCUT2D eigenvalue weighted by molar-refractivity contribution is 0.0733. The minimum Gasteiger partial charge on any atom is -0.490 e. The number of halogens is 2. The van der Waals surface area contributed by atoms with Gasteiger partial charge in [0.25, 0.3) is 5.91 Å². The monoisotopic (exact) mass is 364 g/mol. The van der Waals surface area contributed by atoms with Crippen LogP contribution in [0.25, 0.3) is 0 Å². The Balaban J connectivity index is 0.00000484. The largest absolute Gasteiger partial charge is 0.490 e. The van der Waals surface area contributed by atoms with Gasteiger partial charge < -0.3 is 20.1 Å². The van der Waals surface area contributed by atoms with E-state index in [2.05, 4.69) is 0 Å². The van der Waals surface area contributed by atoms with Gasteiger partial charge in [0.2, 0.25) is 0 Å². The molecule has 23 heavy (non-hydrogen) atoms. The molecule has 0 aromatic heterocycles. The molecule has 0 heterocycles. The van der Waals surface area contributed by atoms with E-state index < -0.39 is 0 Å². The van der Waals surface area contributed by atoms with Crippen molar-refractivity contribution >= 4 is 29.9 Å². The van der Waals surface area contributed by atoms with E-state index >= 15 is 0 Å². The van der Waals surface area contributed by atoms with Crippen LogP contribution in [0, 0.1) is 5.41 Å². The summed E-state index contributed by atoms with van der Waals surface area (Å²) in [6.45, 7) is 5.90. The van der Waals surface area contributed by atoms with E-state index in [-0.39, 0.29) is 23.7 Å². The van der Waals surface area contributed by atoms with Crippen molar-refractivity contribution in [2.45, 2.75) is 13.8 Å². The molecule has 0 aliphatic heterocycles. The molecular formula is C16H26Cl2N2O3. The van der Waals surface area contributed by atoms with Crippen LogP contribution in [0.5, 0.6) is 5.75 Å². The number of carbonyl (C=O) groups excluding carboxylic acids is 1. The first-order chi connectivity index (χ1) is 10.3. The van der Waals surface area contributed by atoms with Gasteiger partial charge in [-0.25, -0.2) is 0 Å². The molecule has 0 aliphatic rings. The fraction of sp³-hybridized carbons (Fsp3) is 0.562. The van der Waals surface area contributed by atoms with Crippen LogP contribution in [0.2, 0.25) is 5.02 Å². The van der Waals surface area contributed by atoms with Crippen molar-refractivity contribution in [3.63, 3.8) is 0 Å². The number of ether oxygens (including phenoxy) is 2. The SMILES string of the molecule is COCCOc1ccc(Cl)cc1C(=O)N(C)CC(C)(C)CN.Cl. The molecule has 0 aliphatic carbocycles. The molecule has 0 spiro atoms. The van der Waals surface area contributed by atoms with E-state index in [0.29, 0.717) is 42.6 Å². The maximum Gasteiger partial charge on any atom is 0.257 e. The van der Waals surface area contributed by atoms with Crippen LogP contribution in [-0.4, -0.2) is 51.3 Å². The first-order valence-corrected chi connectivity index (χ1v) is 7.55. The van der Waals surface area contributed by atoms with Crippen LogP contribution in [0.15, 0.2) is 18.2 Å². The number of nitrogens with zero attached hydrogens (tertiary/aromatic N) is 1. The summed E-state index contributed by atoms with van der Waals surface area (Å²) in [6, 6.07) is 5.02. The Morgan fingerprint density at radius 1 is 1.35 bits per heavy atom. The molecule has 132 valence electrons. The van der Waals surface area contributed by atoms with Crippen LogP contribution in [0.4, 0.5) is 0 Å². The third-order valence-corrected chi connectivity index (χ3v) is 3.52. The highest BCUT2D eigenvalue weighted by Crippen LogP contribution is 2.25. The zero-order chi connectivity index (χ0) is 16.8. The number of methoxy groups -OCH3 is 1. The first-order valence-electron chi connectivity index (χ1n) is 7.17. The van der Waals surface area contributed by atoms with Crippen LogP contribution in [0.1, 0.15) is 24.2 Å². The van der Waals surface area contributed by atoms with Crippen LogP contribution >= 0.6 is 24.0 Å². The van der Waals surface area contributed by atoms with Gasteiger partial charge in [0.05, 0.1) is 12.2 Å². The van der Waals surface area contributed by atoms with Crippen molar-refractivity contribution in [3.05, 3.63) is 28.8 Å². The molecule has 0 bridgehead atoms. The minimum absolute atomic E-state index is 0. The zero-order valence-corrected chi connectivity index (χ0v) is 15.7. The van der Waals surface area contributed by atoms with E-state index in [1.807, 2.05) is 13.8 Å². The molecule has 0 atom stereocenters. The van der Waals surface area contributed by atoms with Gasteiger partial charge in [-0.1, -0.05) is 25.4 Å². The van der Waals surface area contributed by atoms with E-state index in [9.17, 15) is 4.79 Å². The minimum atomic E-state index is -0.153. The molecule has 1 aromatic carbocycles. The van der Waals surface area contributed by atoms with Crippen LogP contribution in [0.3, 0.4) is 0 Å². The number of hydrogen-bond acceptors (Lipinski definition) is 4. The van der Waals surface area contributed by atoms with Crippen molar-refractivity contribution in [2.75, 3.05) is 40.5 Å². The maximum absolute atomic E-state index is 12.7. The second kappa shape index (κ2) is 9.98. The molecule has 7 heteroatoms. The fourth-order valence-electron chi connectivity index (χ4n) is 2.01. The summed E-state index contributed by atoms with van der Waals surface area (Å²) in [4.78, 5) is 14.3. The van der Waals surface area contributed by atoms with Crippen molar-refractivity contribution in [1.82, 2.24) is 4.90 Å². The van der Waals surface area contributed by atoms with E-state index in [0.717, 1.165) is 0 Å². The Kier molecular flexibility index (Phi) is 9.54. The average Bonchev–Trinajstić information content (AvgIpc) is 2.47. The summed E-state index contributed by atoms with van der Waals surface area (Å²) >= 11 is 6.02.